The van der Waals surface area contributed by atoms with Gasteiger partial charge in [-0.05, 0) is 40.7 Å². The fourth-order valence-corrected chi connectivity index (χ4v) is 4.50. The summed E-state index contributed by atoms with van der Waals surface area (Å²) in [6.45, 7) is 0. The van der Waals surface area contributed by atoms with Crippen molar-refractivity contribution in [1.82, 2.24) is 0 Å². The standard InChI is InChI=1S/C31H24O/c32-31-27(22-21-23-13-5-1-6-14-23)28(24-15-7-2-8-16-24)29(25-17-9-3-10-18-25)30(31)26-19-11-4-12-20-26/h1-20H,21-22H2. The Bertz CT molecular complexity index is 1280. The van der Waals surface area contributed by atoms with Crippen molar-refractivity contribution in [2.45, 2.75) is 12.8 Å². The molecular formula is C31H24O. The molecule has 0 saturated carbocycles. The number of carbonyl (C=O) groups is 1. The highest BCUT2D eigenvalue weighted by Gasteiger charge is 2.34. The van der Waals surface area contributed by atoms with E-state index >= 15 is 0 Å². The van der Waals surface area contributed by atoms with E-state index in [0.717, 1.165) is 45.4 Å². The Morgan fingerprint density at radius 3 is 1.31 bits per heavy atom. The maximum Gasteiger partial charge on any atom is 0.190 e. The molecule has 154 valence electrons. The summed E-state index contributed by atoms with van der Waals surface area (Å²) in [7, 11) is 0. The predicted octanol–water partition coefficient (Wildman–Crippen LogP) is 7.27. The van der Waals surface area contributed by atoms with Crippen molar-refractivity contribution in [2.24, 2.45) is 0 Å². The lowest BCUT2D eigenvalue weighted by Crippen LogP contribution is -2.04. The third-order valence-corrected chi connectivity index (χ3v) is 6.00. The third-order valence-electron chi connectivity index (χ3n) is 6.00. The Morgan fingerprint density at radius 1 is 0.406 bits per heavy atom. The highest BCUT2D eigenvalue weighted by atomic mass is 16.1. The van der Waals surface area contributed by atoms with Crippen LogP contribution in [0.25, 0.3) is 16.7 Å². The van der Waals surface area contributed by atoms with Crippen molar-refractivity contribution in [3.05, 3.63) is 149 Å². The Morgan fingerprint density at radius 2 is 0.812 bits per heavy atom. The minimum Gasteiger partial charge on any atom is -0.289 e. The smallest absolute Gasteiger partial charge is 0.190 e. The van der Waals surface area contributed by atoms with E-state index in [1.165, 1.54) is 5.56 Å². The van der Waals surface area contributed by atoms with Crippen molar-refractivity contribution < 1.29 is 4.79 Å². The summed E-state index contributed by atoms with van der Waals surface area (Å²) >= 11 is 0. The molecule has 0 fully saturated rings. The summed E-state index contributed by atoms with van der Waals surface area (Å²) in [5.41, 5.74) is 8.19. The van der Waals surface area contributed by atoms with Crippen LogP contribution < -0.4 is 0 Å². The van der Waals surface area contributed by atoms with E-state index in [1.54, 1.807) is 0 Å². The Balaban J connectivity index is 1.71. The number of aryl methyl sites for hydroxylation is 1. The van der Waals surface area contributed by atoms with E-state index in [1.807, 2.05) is 72.8 Å². The van der Waals surface area contributed by atoms with Crippen LogP contribution in [0.3, 0.4) is 0 Å². The molecule has 4 aromatic rings. The van der Waals surface area contributed by atoms with Crippen LogP contribution in [0.15, 0.2) is 127 Å². The topological polar surface area (TPSA) is 17.1 Å². The Kier molecular flexibility index (Phi) is 5.63. The van der Waals surface area contributed by atoms with Gasteiger partial charge in [-0.25, -0.2) is 0 Å². The highest BCUT2D eigenvalue weighted by Crippen LogP contribution is 2.47. The minimum atomic E-state index is 0.143. The van der Waals surface area contributed by atoms with Gasteiger partial charge < -0.3 is 0 Å². The van der Waals surface area contributed by atoms with E-state index in [-0.39, 0.29) is 5.78 Å². The maximum absolute atomic E-state index is 14.0. The SMILES string of the molecule is O=C1C(CCc2ccccc2)=C(c2ccccc2)C(c2ccccc2)=C1c1ccccc1. The van der Waals surface area contributed by atoms with Crippen LogP contribution in [0.4, 0.5) is 0 Å². The molecule has 0 heterocycles. The number of hydrogen-bond acceptors (Lipinski definition) is 1. The molecule has 1 heteroatoms. The zero-order valence-corrected chi connectivity index (χ0v) is 17.9. The van der Waals surface area contributed by atoms with Crippen LogP contribution in [0, 0.1) is 0 Å². The summed E-state index contributed by atoms with van der Waals surface area (Å²) in [5, 5.41) is 0. The lowest BCUT2D eigenvalue weighted by Gasteiger charge is -2.13. The molecule has 0 atom stereocenters. The first kappa shape index (κ1) is 20.0. The summed E-state index contributed by atoms with van der Waals surface area (Å²) in [6.07, 6.45) is 1.54. The average Bonchev–Trinajstić information content (AvgIpc) is 3.17. The van der Waals surface area contributed by atoms with Crippen LogP contribution in [0.5, 0.6) is 0 Å². The van der Waals surface area contributed by atoms with Gasteiger partial charge in [-0.2, -0.15) is 0 Å². The van der Waals surface area contributed by atoms with Crippen molar-refractivity contribution >= 4 is 22.5 Å². The summed E-state index contributed by atoms with van der Waals surface area (Å²) in [5.74, 6) is 0.143. The molecule has 0 aromatic heterocycles. The van der Waals surface area contributed by atoms with Gasteiger partial charge in [0.1, 0.15) is 0 Å². The van der Waals surface area contributed by atoms with Crippen molar-refractivity contribution in [3.63, 3.8) is 0 Å². The molecule has 0 amide bonds. The van der Waals surface area contributed by atoms with Crippen LogP contribution in [0.2, 0.25) is 0 Å². The van der Waals surface area contributed by atoms with Crippen LogP contribution in [-0.4, -0.2) is 5.78 Å². The zero-order chi connectivity index (χ0) is 21.8. The van der Waals surface area contributed by atoms with Gasteiger partial charge in [-0.3, -0.25) is 4.79 Å². The fraction of sp³-hybridized carbons (Fsp3) is 0.0645. The van der Waals surface area contributed by atoms with Crippen molar-refractivity contribution in [2.75, 3.05) is 0 Å². The second-order valence-electron chi connectivity index (χ2n) is 8.02. The number of rotatable bonds is 6. The zero-order valence-electron chi connectivity index (χ0n) is 17.9. The number of ketones is 1. The van der Waals surface area contributed by atoms with Crippen molar-refractivity contribution in [3.8, 4) is 0 Å². The number of carbonyl (C=O) groups excluding carboxylic acids is 1. The largest absolute Gasteiger partial charge is 0.289 e. The maximum atomic E-state index is 14.0. The van der Waals surface area contributed by atoms with Gasteiger partial charge in [0, 0.05) is 16.7 Å². The molecule has 0 aliphatic heterocycles. The molecule has 0 spiro atoms. The lowest BCUT2D eigenvalue weighted by atomic mass is 9.89. The van der Waals surface area contributed by atoms with Gasteiger partial charge >= 0.3 is 0 Å². The van der Waals surface area contributed by atoms with E-state index < -0.39 is 0 Å². The molecule has 0 bridgehead atoms. The van der Waals surface area contributed by atoms with Gasteiger partial charge in [0.05, 0.1) is 0 Å². The van der Waals surface area contributed by atoms with Crippen LogP contribution >= 0.6 is 0 Å². The molecule has 1 aliphatic carbocycles. The second kappa shape index (κ2) is 9.03. The molecule has 0 unspecified atom stereocenters. The third kappa shape index (κ3) is 3.86. The average molecular weight is 413 g/mol. The molecule has 0 saturated heterocycles. The molecular weight excluding hydrogens is 388 g/mol. The molecule has 4 aromatic carbocycles. The number of allylic oxidation sites excluding steroid dienone is 4. The van der Waals surface area contributed by atoms with Gasteiger partial charge in [0.15, 0.2) is 5.78 Å². The fourth-order valence-electron chi connectivity index (χ4n) is 4.50. The monoisotopic (exact) mass is 412 g/mol. The molecule has 32 heavy (non-hydrogen) atoms. The van der Waals surface area contributed by atoms with Gasteiger partial charge in [-0.1, -0.05) is 121 Å². The summed E-state index contributed by atoms with van der Waals surface area (Å²) < 4.78 is 0. The molecule has 5 rings (SSSR count). The number of Topliss-reactive ketones (excluding diaryl/α,β-unsaturated/α-hetero) is 1. The molecule has 1 nitrogen and oxygen atoms in total. The normalized spacial score (nSPS) is 13.7. The van der Waals surface area contributed by atoms with Crippen LogP contribution in [-0.2, 0) is 11.2 Å². The van der Waals surface area contributed by atoms with E-state index in [4.69, 9.17) is 0 Å². The Hall–Kier alpha value is -3.97. The van der Waals surface area contributed by atoms with Gasteiger partial charge in [0.25, 0.3) is 0 Å². The highest BCUT2D eigenvalue weighted by molar-refractivity contribution is 6.47. The number of benzene rings is 4. The first-order valence-corrected chi connectivity index (χ1v) is 11.1. The number of hydrogen-bond donors (Lipinski definition) is 0. The minimum absolute atomic E-state index is 0.143. The van der Waals surface area contributed by atoms with Crippen LogP contribution in [0.1, 0.15) is 28.7 Å². The second-order valence-corrected chi connectivity index (χ2v) is 8.02. The van der Waals surface area contributed by atoms with Gasteiger partial charge in [-0.15, -0.1) is 0 Å². The molecule has 0 N–H and O–H groups in total. The predicted molar refractivity (Wildman–Crippen MR) is 133 cm³/mol. The summed E-state index contributed by atoms with van der Waals surface area (Å²) in [4.78, 5) is 14.0. The quantitative estimate of drug-likeness (QED) is 0.325. The van der Waals surface area contributed by atoms with E-state index in [9.17, 15) is 4.79 Å². The van der Waals surface area contributed by atoms with Crippen molar-refractivity contribution in [1.29, 1.82) is 0 Å². The van der Waals surface area contributed by atoms with E-state index in [2.05, 4.69) is 48.5 Å². The lowest BCUT2D eigenvalue weighted by molar-refractivity contribution is -0.110. The molecule has 1 aliphatic rings. The molecule has 0 radical (unpaired) electrons. The van der Waals surface area contributed by atoms with E-state index in [0.29, 0.717) is 6.42 Å². The Labute approximate surface area is 189 Å². The summed E-state index contributed by atoms with van der Waals surface area (Å²) in [6, 6.07) is 41.1. The first-order valence-electron chi connectivity index (χ1n) is 11.1. The first-order chi connectivity index (χ1) is 15.8. The van der Waals surface area contributed by atoms with Gasteiger partial charge in [0.2, 0.25) is 0 Å².